The molecule has 0 atom stereocenters. The van der Waals surface area contributed by atoms with E-state index < -0.39 is 0 Å². The van der Waals surface area contributed by atoms with E-state index in [0.29, 0.717) is 10.8 Å². The molecule has 2 N–H and O–H groups in total. The number of benzene rings is 2. The number of hydrogen-bond donors (Lipinski definition) is 2. The second-order valence-electron chi connectivity index (χ2n) is 6.04. The van der Waals surface area contributed by atoms with Crippen LogP contribution in [0.1, 0.15) is 11.1 Å². The van der Waals surface area contributed by atoms with Gasteiger partial charge in [-0.05, 0) is 55.3 Å². The molecular formula is C19H18FN3O2S2. The number of aromatic nitrogens is 1. The number of hydrogen-bond acceptors (Lipinski definition) is 5. The second kappa shape index (κ2) is 8.49. The Morgan fingerprint density at radius 1 is 1.07 bits per heavy atom. The van der Waals surface area contributed by atoms with Crippen molar-refractivity contribution in [3.63, 3.8) is 0 Å². The summed E-state index contributed by atoms with van der Waals surface area (Å²) in [5.74, 6) is -0.541. The van der Waals surface area contributed by atoms with Crippen molar-refractivity contribution < 1.29 is 14.0 Å². The van der Waals surface area contributed by atoms with Crippen LogP contribution in [-0.2, 0) is 9.59 Å². The number of rotatable bonds is 6. The van der Waals surface area contributed by atoms with Crippen LogP contribution in [0.5, 0.6) is 0 Å². The number of anilines is 2. The molecule has 0 spiro atoms. The minimum absolute atomic E-state index is 0.128. The Bertz CT molecular complexity index is 987. The molecule has 0 saturated heterocycles. The molecule has 0 bridgehead atoms. The Balaban J connectivity index is 1.47. The quantitative estimate of drug-likeness (QED) is 0.641. The van der Waals surface area contributed by atoms with E-state index in [0.717, 1.165) is 21.3 Å². The second-order valence-corrected chi connectivity index (χ2v) is 8.06. The van der Waals surface area contributed by atoms with Crippen molar-refractivity contribution in [1.29, 1.82) is 0 Å². The van der Waals surface area contributed by atoms with Gasteiger partial charge in [-0.25, -0.2) is 9.37 Å². The predicted octanol–water partition coefficient (Wildman–Crippen LogP) is 4.36. The van der Waals surface area contributed by atoms with E-state index >= 15 is 0 Å². The fourth-order valence-electron chi connectivity index (χ4n) is 2.55. The van der Waals surface area contributed by atoms with Gasteiger partial charge in [-0.15, -0.1) is 11.8 Å². The lowest BCUT2D eigenvalue weighted by molar-refractivity contribution is -0.114. The van der Waals surface area contributed by atoms with E-state index in [1.165, 1.54) is 47.4 Å². The van der Waals surface area contributed by atoms with Crippen molar-refractivity contribution in [3.8, 4) is 0 Å². The number of amides is 2. The molecule has 0 radical (unpaired) electrons. The smallest absolute Gasteiger partial charge is 0.236 e. The molecule has 0 fully saturated rings. The zero-order chi connectivity index (χ0) is 19.4. The lowest BCUT2D eigenvalue weighted by Crippen LogP contribution is -2.18. The fourth-order valence-corrected chi connectivity index (χ4v) is 4.22. The van der Waals surface area contributed by atoms with Crippen molar-refractivity contribution in [2.45, 2.75) is 13.8 Å². The summed E-state index contributed by atoms with van der Waals surface area (Å²) in [6, 6.07) is 9.63. The minimum atomic E-state index is -0.362. The highest BCUT2D eigenvalue weighted by atomic mass is 32.2. The fraction of sp³-hybridized carbons (Fsp3) is 0.211. The summed E-state index contributed by atoms with van der Waals surface area (Å²) in [7, 11) is 0. The molecule has 1 aromatic heterocycles. The Morgan fingerprint density at radius 3 is 2.44 bits per heavy atom. The molecule has 3 rings (SSSR count). The van der Waals surface area contributed by atoms with Crippen LogP contribution in [0.3, 0.4) is 0 Å². The number of nitrogens with zero attached hydrogens (tertiary/aromatic N) is 1. The SMILES string of the molecule is Cc1cc(C)c2nc(NC(=O)CSCC(=O)Nc3ccc(F)cc3)sc2c1. The monoisotopic (exact) mass is 403 g/mol. The van der Waals surface area contributed by atoms with Crippen LogP contribution < -0.4 is 10.6 Å². The maximum absolute atomic E-state index is 12.8. The summed E-state index contributed by atoms with van der Waals surface area (Å²) in [5, 5.41) is 5.99. The third kappa shape index (κ3) is 5.27. The summed E-state index contributed by atoms with van der Waals surface area (Å²) in [5.41, 5.74) is 3.65. The highest BCUT2D eigenvalue weighted by molar-refractivity contribution is 8.00. The molecule has 27 heavy (non-hydrogen) atoms. The number of carbonyl (C=O) groups is 2. The first-order valence-electron chi connectivity index (χ1n) is 8.21. The zero-order valence-electron chi connectivity index (χ0n) is 14.8. The standard InChI is InChI=1S/C19H18FN3O2S2/c1-11-7-12(2)18-15(8-11)27-19(23-18)22-17(25)10-26-9-16(24)21-14-5-3-13(20)4-6-14/h3-8H,9-10H2,1-2H3,(H,21,24)(H,22,23,25). The molecule has 0 aliphatic heterocycles. The van der Waals surface area contributed by atoms with E-state index in [2.05, 4.69) is 21.7 Å². The number of halogens is 1. The Kier molecular flexibility index (Phi) is 6.08. The molecule has 8 heteroatoms. The highest BCUT2D eigenvalue weighted by Gasteiger charge is 2.11. The molecule has 0 aliphatic carbocycles. The maximum atomic E-state index is 12.8. The van der Waals surface area contributed by atoms with Crippen LogP contribution in [0.4, 0.5) is 15.2 Å². The number of nitrogens with one attached hydrogen (secondary N) is 2. The van der Waals surface area contributed by atoms with Gasteiger partial charge in [-0.2, -0.15) is 0 Å². The third-order valence-electron chi connectivity index (χ3n) is 3.67. The molecule has 2 amide bonds. The molecule has 140 valence electrons. The molecule has 1 heterocycles. The average molecular weight is 404 g/mol. The van der Waals surface area contributed by atoms with E-state index in [1.807, 2.05) is 19.9 Å². The summed E-state index contributed by atoms with van der Waals surface area (Å²) in [6.45, 7) is 4.02. The van der Waals surface area contributed by atoms with Crippen LogP contribution in [0, 0.1) is 19.7 Å². The third-order valence-corrected chi connectivity index (χ3v) is 5.52. The number of thiazole rings is 1. The molecule has 0 unspecified atom stereocenters. The van der Waals surface area contributed by atoms with Crippen LogP contribution in [-0.4, -0.2) is 28.3 Å². The zero-order valence-corrected chi connectivity index (χ0v) is 16.5. The van der Waals surface area contributed by atoms with Gasteiger partial charge in [0.15, 0.2) is 5.13 Å². The largest absolute Gasteiger partial charge is 0.325 e. The van der Waals surface area contributed by atoms with Crippen LogP contribution in [0.15, 0.2) is 36.4 Å². The van der Waals surface area contributed by atoms with E-state index in [1.54, 1.807) is 0 Å². The first kappa shape index (κ1) is 19.3. The summed E-state index contributed by atoms with van der Waals surface area (Å²) in [6.07, 6.45) is 0. The van der Waals surface area contributed by atoms with Gasteiger partial charge in [-0.3, -0.25) is 9.59 Å². The number of thioether (sulfide) groups is 1. The lowest BCUT2D eigenvalue weighted by Gasteiger charge is -2.05. The molecule has 3 aromatic rings. The Hall–Kier alpha value is -2.45. The lowest BCUT2D eigenvalue weighted by atomic mass is 10.1. The van der Waals surface area contributed by atoms with Crippen LogP contribution in [0.25, 0.3) is 10.2 Å². The normalized spacial score (nSPS) is 10.8. The topological polar surface area (TPSA) is 71.1 Å². The highest BCUT2D eigenvalue weighted by Crippen LogP contribution is 2.29. The summed E-state index contributed by atoms with van der Waals surface area (Å²) < 4.78 is 13.9. The molecule has 0 aliphatic rings. The number of fused-ring (bicyclic) bond motifs is 1. The minimum Gasteiger partial charge on any atom is -0.325 e. The van der Waals surface area contributed by atoms with E-state index in [4.69, 9.17) is 0 Å². The van der Waals surface area contributed by atoms with Gasteiger partial charge < -0.3 is 10.6 Å². The van der Waals surface area contributed by atoms with Crippen molar-refractivity contribution in [1.82, 2.24) is 4.98 Å². The van der Waals surface area contributed by atoms with Gasteiger partial charge in [0.05, 0.1) is 21.7 Å². The maximum Gasteiger partial charge on any atom is 0.236 e. The van der Waals surface area contributed by atoms with Gasteiger partial charge >= 0.3 is 0 Å². The predicted molar refractivity (Wildman–Crippen MR) is 110 cm³/mol. The summed E-state index contributed by atoms with van der Waals surface area (Å²) >= 11 is 2.64. The van der Waals surface area contributed by atoms with Crippen molar-refractivity contribution in [3.05, 3.63) is 53.3 Å². The van der Waals surface area contributed by atoms with Gasteiger partial charge in [-0.1, -0.05) is 17.4 Å². The van der Waals surface area contributed by atoms with E-state index in [9.17, 15) is 14.0 Å². The average Bonchev–Trinajstić information content (AvgIpc) is 2.99. The van der Waals surface area contributed by atoms with Crippen LogP contribution >= 0.6 is 23.1 Å². The van der Waals surface area contributed by atoms with Crippen molar-refractivity contribution >= 4 is 55.9 Å². The first-order valence-corrected chi connectivity index (χ1v) is 10.2. The van der Waals surface area contributed by atoms with Crippen LogP contribution in [0.2, 0.25) is 0 Å². The molecule has 0 saturated carbocycles. The molecule has 2 aromatic carbocycles. The first-order chi connectivity index (χ1) is 12.9. The van der Waals surface area contributed by atoms with Gasteiger partial charge in [0.2, 0.25) is 11.8 Å². The van der Waals surface area contributed by atoms with Gasteiger partial charge in [0.1, 0.15) is 5.82 Å². The molecular weight excluding hydrogens is 385 g/mol. The van der Waals surface area contributed by atoms with Crippen molar-refractivity contribution in [2.24, 2.45) is 0 Å². The number of aryl methyl sites for hydroxylation is 2. The van der Waals surface area contributed by atoms with Gasteiger partial charge in [0.25, 0.3) is 0 Å². The van der Waals surface area contributed by atoms with E-state index in [-0.39, 0.29) is 29.1 Å². The summed E-state index contributed by atoms with van der Waals surface area (Å²) in [4.78, 5) is 28.4. The number of carbonyl (C=O) groups excluding carboxylic acids is 2. The Labute approximate surface area is 164 Å². The van der Waals surface area contributed by atoms with Gasteiger partial charge in [0, 0.05) is 5.69 Å². The molecule has 5 nitrogen and oxygen atoms in total. The Morgan fingerprint density at radius 2 is 1.74 bits per heavy atom. The van der Waals surface area contributed by atoms with Crippen molar-refractivity contribution in [2.75, 3.05) is 22.1 Å².